The first-order valence-electron chi connectivity index (χ1n) is 8.79. The van der Waals surface area contributed by atoms with Crippen LogP contribution in [-0.2, 0) is 6.42 Å². The molecule has 1 fully saturated rings. The zero-order valence-electron chi connectivity index (χ0n) is 13.9. The Balaban J connectivity index is 1.35. The van der Waals surface area contributed by atoms with E-state index in [1.54, 1.807) is 0 Å². The van der Waals surface area contributed by atoms with Gasteiger partial charge in [0.1, 0.15) is 0 Å². The van der Waals surface area contributed by atoms with E-state index in [-0.39, 0.29) is 0 Å². The summed E-state index contributed by atoms with van der Waals surface area (Å²) in [7, 11) is 0. The fourth-order valence-electron chi connectivity index (χ4n) is 3.76. The predicted molar refractivity (Wildman–Crippen MR) is 94.5 cm³/mol. The molecule has 122 valence electrons. The Morgan fingerprint density at radius 2 is 2.09 bits per heavy atom. The summed E-state index contributed by atoms with van der Waals surface area (Å²) in [6.45, 7) is 10.5. The minimum Gasteiger partial charge on any atom is -0.399 e. The van der Waals surface area contributed by atoms with E-state index in [1.165, 1.54) is 43.7 Å². The monoisotopic (exact) mass is 302 g/mol. The molecule has 22 heavy (non-hydrogen) atoms. The summed E-state index contributed by atoms with van der Waals surface area (Å²) in [6, 6.07) is 6.31. The number of rotatable bonds is 6. The molecule has 0 radical (unpaired) electrons. The zero-order valence-corrected chi connectivity index (χ0v) is 13.9. The molecular formula is C18H30N4. The number of anilines is 2. The van der Waals surface area contributed by atoms with Crippen molar-refractivity contribution in [3.63, 3.8) is 0 Å². The lowest BCUT2D eigenvalue weighted by atomic mass is 10.0. The summed E-state index contributed by atoms with van der Waals surface area (Å²) in [5.41, 5.74) is 9.57. The number of likely N-dealkylation sites (tertiary alicyclic amines) is 1. The SMILES string of the molecule is CC1CCCN(CCNCCN2CCc3ccc(N)cc32)C1. The van der Waals surface area contributed by atoms with Gasteiger partial charge < -0.3 is 20.9 Å². The summed E-state index contributed by atoms with van der Waals surface area (Å²) in [5, 5.41) is 3.61. The lowest BCUT2D eigenvalue weighted by molar-refractivity contribution is 0.185. The predicted octanol–water partition coefficient (Wildman–Crippen LogP) is 1.95. The summed E-state index contributed by atoms with van der Waals surface area (Å²) in [5.74, 6) is 0.875. The topological polar surface area (TPSA) is 44.5 Å². The molecule has 0 spiro atoms. The Morgan fingerprint density at radius 3 is 2.95 bits per heavy atom. The molecule has 0 bridgehead atoms. The second-order valence-electron chi connectivity index (χ2n) is 6.92. The van der Waals surface area contributed by atoms with Gasteiger partial charge in [0.05, 0.1) is 0 Å². The number of nitrogens with one attached hydrogen (secondary N) is 1. The lowest BCUT2D eigenvalue weighted by Crippen LogP contribution is -2.40. The van der Waals surface area contributed by atoms with E-state index < -0.39 is 0 Å². The number of nitrogens with two attached hydrogens (primary N) is 1. The molecule has 0 saturated carbocycles. The Labute approximate surface area is 134 Å². The molecule has 1 aromatic carbocycles. The molecular weight excluding hydrogens is 272 g/mol. The van der Waals surface area contributed by atoms with Crippen molar-refractivity contribution >= 4 is 11.4 Å². The number of hydrogen-bond acceptors (Lipinski definition) is 4. The molecule has 2 aliphatic heterocycles. The molecule has 4 nitrogen and oxygen atoms in total. The van der Waals surface area contributed by atoms with Crippen LogP contribution in [0.25, 0.3) is 0 Å². The van der Waals surface area contributed by atoms with Gasteiger partial charge in [0.15, 0.2) is 0 Å². The van der Waals surface area contributed by atoms with Crippen molar-refractivity contribution in [2.24, 2.45) is 5.92 Å². The fraction of sp³-hybridized carbons (Fsp3) is 0.667. The van der Waals surface area contributed by atoms with Crippen LogP contribution in [0.5, 0.6) is 0 Å². The number of nitrogens with zero attached hydrogens (tertiary/aromatic N) is 2. The summed E-state index contributed by atoms with van der Waals surface area (Å²) in [6.07, 6.45) is 3.93. The number of hydrogen-bond donors (Lipinski definition) is 2. The first kappa shape index (κ1) is 15.6. The highest BCUT2D eigenvalue weighted by Crippen LogP contribution is 2.29. The van der Waals surface area contributed by atoms with Gasteiger partial charge in [-0.05, 0) is 49.4 Å². The first-order valence-corrected chi connectivity index (χ1v) is 8.79. The molecule has 0 amide bonds. The van der Waals surface area contributed by atoms with Crippen LogP contribution in [0.1, 0.15) is 25.3 Å². The normalized spacial score (nSPS) is 22.0. The number of piperidine rings is 1. The van der Waals surface area contributed by atoms with Gasteiger partial charge in [-0.25, -0.2) is 0 Å². The van der Waals surface area contributed by atoms with Crippen LogP contribution in [0.3, 0.4) is 0 Å². The second-order valence-corrected chi connectivity index (χ2v) is 6.92. The zero-order chi connectivity index (χ0) is 15.4. The van der Waals surface area contributed by atoms with Crippen molar-refractivity contribution in [3.05, 3.63) is 23.8 Å². The van der Waals surface area contributed by atoms with Crippen LogP contribution >= 0.6 is 0 Å². The van der Waals surface area contributed by atoms with Crippen LogP contribution < -0.4 is 16.0 Å². The van der Waals surface area contributed by atoms with Crippen molar-refractivity contribution in [2.45, 2.75) is 26.2 Å². The fourth-order valence-corrected chi connectivity index (χ4v) is 3.76. The molecule has 1 unspecified atom stereocenters. The van der Waals surface area contributed by atoms with Crippen molar-refractivity contribution in [1.29, 1.82) is 0 Å². The van der Waals surface area contributed by atoms with Crippen molar-refractivity contribution < 1.29 is 0 Å². The molecule has 1 atom stereocenters. The van der Waals surface area contributed by atoms with Gasteiger partial charge >= 0.3 is 0 Å². The van der Waals surface area contributed by atoms with Crippen molar-refractivity contribution in [2.75, 3.05) is 56.4 Å². The molecule has 1 aromatic rings. The van der Waals surface area contributed by atoms with Crippen LogP contribution in [0.2, 0.25) is 0 Å². The van der Waals surface area contributed by atoms with Gasteiger partial charge in [0.25, 0.3) is 0 Å². The number of fused-ring (bicyclic) bond motifs is 1. The quantitative estimate of drug-likeness (QED) is 0.623. The highest BCUT2D eigenvalue weighted by molar-refractivity contribution is 5.64. The van der Waals surface area contributed by atoms with E-state index >= 15 is 0 Å². The average molecular weight is 302 g/mol. The van der Waals surface area contributed by atoms with E-state index in [0.717, 1.165) is 44.2 Å². The van der Waals surface area contributed by atoms with Gasteiger partial charge in [-0.2, -0.15) is 0 Å². The smallest absolute Gasteiger partial charge is 0.0420 e. The molecule has 3 rings (SSSR count). The molecule has 2 heterocycles. The molecule has 1 saturated heterocycles. The maximum absolute atomic E-state index is 5.92. The van der Waals surface area contributed by atoms with E-state index in [1.807, 2.05) is 6.07 Å². The van der Waals surface area contributed by atoms with E-state index in [2.05, 4.69) is 34.2 Å². The van der Waals surface area contributed by atoms with Gasteiger partial charge in [-0.1, -0.05) is 13.0 Å². The third-order valence-electron chi connectivity index (χ3n) is 5.01. The van der Waals surface area contributed by atoms with Crippen molar-refractivity contribution in [1.82, 2.24) is 10.2 Å². The van der Waals surface area contributed by atoms with Gasteiger partial charge in [-0.15, -0.1) is 0 Å². The molecule has 0 aromatic heterocycles. The second kappa shape index (κ2) is 7.34. The Morgan fingerprint density at radius 1 is 1.23 bits per heavy atom. The summed E-state index contributed by atoms with van der Waals surface area (Å²) in [4.78, 5) is 5.06. The van der Waals surface area contributed by atoms with Crippen LogP contribution in [0.15, 0.2) is 18.2 Å². The molecule has 2 aliphatic rings. The molecule has 4 heteroatoms. The Kier molecular flexibility index (Phi) is 5.21. The minimum atomic E-state index is 0.873. The highest BCUT2D eigenvalue weighted by atomic mass is 15.2. The number of benzene rings is 1. The highest BCUT2D eigenvalue weighted by Gasteiger charge is 2.18. The summed E-state index contributed by atoms with van der Waals surface area (Å²) >= 11 is 0. The third kappa shape index (κ3) is 3.93. The van der Waals surface area contributed by atoms with Crippen molar-refractivity contribution in [3.8, 4) is 0 Å². The maximum Gasteiger partial charge on any atom is 0.0420 e. The Bertz CT molecular complexity index is 488. The van der Waals surface area contributed by atoms with Gasteiger partial charge in [0, 0.05) is 50.6 Å². The third-order valence-corrected chi connectivity index (χ3v) is 5.01. The first-order chi connectivity index (χ1) is 10.7. The van der Waals surface area contributed by atoms with Gasteiger partial charge in [0.2, 0.25) is 0 Å². The molecule has 0 aliphatic carbocycles. The standard InChI is InChI=1S/C18H30N4/c1-15-3-2-9-21(14-15)11-7-20-8-12-22-10-6-16-4-5-17(19)13-18(16)22/h4-5,13,15,20H,2-3,6-12,14,19H2,1H3. The van der Waals surface area contributed by atoms with Crippen LogP contribution in [-0.4, -0.2) is 50.7 Å². The molecule has 3 N–H and O–H groups in total. The minimum absolute atomic E-state index is 0.873. The van der Waals surface area contributed by atoms with Crippen LogP contribution in [0, 0.1) is 5.92 Å². The Hall–Kier alpha value is -1.26. The number of nitrogen functional groups attached to an aromatic ring is 1. The maximum atomic E-state index is 5.92. The average Bonchev–Trinajstić information content (AvgIpc) is 2.89. The largest absolute Gasteiger partial charge is 0.399 e. The lowest BCUT2D eigenvalue weighted by Gasteiger charge is -2.30. The van der Waals surface area contributed by atoms with E-state index in [4.69, 9.17) is 5.73 Å². The summed E-state index contributed by atoms with van der Waals surface area (Å²) < 4.78 is 0. The van der Waals surface area contributed by atoms with E-state index in [9.17, 15) is 0 Å². The van der Waals surface area contributed by atoms with Crippen LogP contribution in [0.4, 0.5) is 11.4 Å². The van der Waals surface area contributed by atoms with E-state index in [0.29, 0.717) is 0 Å². The van der Waals surface area contributed by atoms with Gasteiger partial charge in [-0.3, -0.25) is 0 Å².